The summed E-state index contributed by atoms with van der Waals surface area (Å²) in [5.41, 5.74) is -0.709. The highest BCUT2D eigenvalue weighted by atomic mass is 32.2. The molecule has 18 heavy (non-hydrogen) atoms. The second kappa shape index (κ2) is 5.95. The Bertz CT molecular complexity index is 320. The standard InChI is InChI=1S/C13H21NO3S/c15-11(10-4-7-18-8-10)14-9-13(12(16)17)5-2-1-3-6-13/h10H,1-9H2,(H,14,15)(H,16,17). The summed E-state index contributed by atoms with van der Waals surface area (Å²) >= 11 is 1.80. The van der Waals surface area contributed by atoms with Crippen LogP contribution in [0.15, 0.2) is 0 Å². The highest BCUT2D eigenvalue weighted by Gasteiger charge is 2.40. The van der Waals surface area contributed by atoms with E-state index in [2.05, 4.69) is 5.32 Å². The number of rotatable bonds is 4. The largest absolute Gasteiger partial charge is 0.481 e. The van der Waals surface area contributed by atoms with Crippen LogP contribution < -0.4 is 5.32 Å². The van der Waals surface area contributed by atoms with Gasteiger partial charge in [-0.2, -0.15) is 11.8 Å². The number of carbonyl (C=O) groups is 2. The fourth-order valence-corrected chi connectivity index (χ4v) is 4.06. The van der Waals surface area contributed by atoms with Crippen LogP contribution in [-0.4, -0.2) is 35.0 Å². The van der Waals surface area contributed by atoms with Crippen LogP contribution in [0.25, 0.3) is 0 Å². The molecule has 1 aliphatic heterocycles. The van der Waals surface area contributed by atoms with E-state index in [9.17, 15) is 14.7 Å². The third kappa shape index (κ3) is 2.99. The Morgan fingerprint density at radius 3 is 2.56 bits per heavy atom. The lowest BCUT2D eigenvalue weighted by Crippen LogP contribution is -2.45. The van der Waals surface area contributed by atoms with Crippen LogP contribution in [-0.2, 0) is 9.59 Å². The van der Waals surface area contributed by atoms with Crippen LogP contribution in [0.4, 0.5) is 0 Å². The summed E-state index contributed by atoms with van der Waals surface area (Å²) in [5.74, 6) is 1.31. The predicted molar refractivity (Wildman–Crippen MR) is 71.6 cm³/mol. The van der Waals surface area contributed by atoms with Crippen LogP contribution in [0.2, 0.25) is 0 Å². The lowest BCUT2D eigenvalue weighted by molar-refractivity contribution is -0.151. The Kier molecular flexibility index (Phi) is 4.54. The summed E-state index contributed by atoms with van der Waals surface area (Å²) in [6.45, 7) is 0.308. The molecule has 1 amide bonds. The Morgan fingerprint density at radius 1 is 1.28 bits per heavy atom. The predicted octanol–water partition coefficient (Wildman–Crippen LogP) is 1.89. The van der Waals surface area contributed by atoms with Gasteiger partial charge in [0.15, 0.2) is 0 Å². The SMILES string of the molecule is O=C(NCC1(C(=O)O)CCCCC1)C1CCSC1. The van der Waals surface area contributed by atoms with Gasteiger partial charge in [-0.15, -0.1) is 0 Å². The van der Waals surface area contributed by atoms with E-state index in [1.807, 2.05) is 0 Å². The van der Waals surface area contributed by atoms with Gasteiger partial charge in [-0.05, 0) is 25.0 Å². The van der Waals surface area contributed by atoms with E-state index in [1.54, 1.807) is 11.8 Å². The highest BCUT2D eigenvalue weighted by Crippen LogP contribution is 2.36. The Hall–Kier alpha value is -0.710. The van der Waals surface area contributed by atoms with Gasteiger partial charge in [-0.1, -0.05) is 19.3 Å². The minimum atomic E-state index is -0.747. The zero-order valence-corrected chi connectivity index (χ0v) is 11.4. The van der Waals surface area contributed by atoms with Gasteiger partial charge in [0.2, 0.25) is 5.91 Å². The van der Waals surface area contributed by atoms with Crippen LogP contribution in [0.5, 0.6) is 0 Å². The van der Waals surface area contributed by atoms with Gasteiger partial charge in [0, 0.05) is 18.2 Å². The number of thioether (sulfide) groups is 1. The van der Waals surface area contributed by atoms with Crippen molar-refractivity contribution in [3.8, 4) is 0 Å². The van der Waals surface area contributed by atoms with E-state index < -0.39 is 11.4 Å². The van der Waals surface area contributed by atoms with E-state index in [0.717, 1.165) is 37.2 Å². The van der Waals surface area contributed by atoms with Crippen LogP contribution in [0.3, 0.4) is 0 Å². The molecule has 0 bridgehead atoms. The molecule has 0 aromatic heterocycles. The van der Waals surface area contributed by atoms with Crippen molar-refractivity contribution >= 4 is 23.6 Å². The van der Waals surface area contributed by atoms with E-state index in [1.165, 1.54) is 0 Å². The first-order chi connectivity index (χ1) is 8.64. The van der Waals surface area contributed by atoms with Crippen molar-refractivity contribution in [1.29, 1.82) is 0 Å². The molecule has 0 aromatic carbocycles. The van der Waals surface area contributed by atoms with Gasteiger partial charge in [0.05, 0.1) is 5.41 Å². The Morgan fingerprint density at radius 2 is 2.00 bits per heavy atom. The van der Waals surface area contributed by atoms with Gasteiger partial charge in [-0.25, -0.2) is 0 Å². The number of carboxylic acid groups (broad SMARTS) is 1. The van der Waals surface area contributed by atoms with Crippen LogP contribution in [0.1, 0.15) is 38.5 Å². The molecule has 2 rings (SSSR count). The summed E-state index contributed by atoms with van der Waals surface area (Å²) in [7, 11) is 0. The van der Waals surface area contributed by atoms with Gasteiger partial charge in [0.1, 0.15) is 0 Å². The molecule has 5 heteroatoms. The van der Waals surface area contributed by atoms with E-state index in [4.69, 9.17) is 0 Å². The maximum absolute atomic E-state index is 11.9. The lowest BCUT2D eigenvalue weighted by atomic mass is 9.74. The Balaban J connectivity index is 1.89. The quantitative estimate of drug-likeness (QED) is 0.819. The third-order valence-corrected chi connectivity index (χ3v) is 5.33. The van der Waals surface area contributed by atoms with Gasteiger partial charge in [-0.3, -0.25) is 9.59 Å². The first-order valence-electron chi connectivity index (χ1n) is 6.73. The van der Waals surface area contributed by atoms with Gasteiger partial charge in [0.25, 0.3) is 0 Å². The molecular weight excluding hydrogens is 250 g/mol. The lowest BCUT2D eigenvalue weighted by Gasteiger charge is -2.33. The fraction of sp³-hybridized carbons (Fsp3) is 0.846. The number of carboxylic acids is 1. The number of aliphatic carboxylic acids is 1. The Labute approximate surface area is 112 Å². The summed E-state index contributed by atoms with van der Waals surface area (Å²) < 4.78 is 0. The molecule has 2 fully saturated rings. The molecule has 0 aromatic rings. The van der Waals surface area contributed by atoms with Gasteiger partial charge >= 0.3 is 5.97 Å². The monoisotopic (exact) mass is 271 g/mol. The molecule has 1 unspecified atom stereocenters. The summed E-state index contributed by atoms with van der Waals surface area (Å²) in [4.78, 5) is 23.4. The second-order valence-electron chi connectivity index (χ2n) is 5.42. The number of carbonyl (C=O) groups excluding carboxylic acids is 1. The molecular formula is C13H21NO3S. The number of nitrogens with one attached hydrogen (secondary N) is 1. The molecule has 0 spiro atoms. The second-order valence-corrected chi connectivity index (χ2v) is 6.57. The number of hydrogen-bond acceptors (Lipinski definition) is 3. The molecule has 102 valence electrons. The van der Waals surface area contributed by atoms with Crippen molar-refractivity contribution in [2.75, 3.05) is 18.1 Å². The molecule has 1 heterocycles. The average molecular weight is 271 g/mol. The van der Waals surface area contributed by atoms with Crippen molar-refractivity contribution in [3.63, 3.8) is 0 Å². The zero-order chi connectivity index (χ0) is 13.0. The van der Waals surface area contributed by atoms with Crippen molar-refractivity contribution in [3.05, 3.63) is 0 Å². The molecule has 0 radical (unpaired) electrons. The van der Waals surface area contributed by atoms with Crippen molar-refractivity contribution in [2.45, 2.75) is 38.5 Å². The summed E-state index contributed by atoms with van der Waals surface area (Å²) in [6.07, 6.45) is 5.35. The van der Waals surface area contributed by atoms with E-state index >= 15 is 0 Å². The number of hydrogen-bond donors (Lipinski definition) is 2. The molecule has 2 N–H and O–H groups in total. The first kappa shape index (κ1) is 13.7. The highest BCUT2D eigenvalue weighted by molar-refractivity contribution is 7.99. The molecule has 1 aliphatic carbocycles. The molecule has 1 saturated carbocycles. The normalized spacial score (nSPS) is 26.8. The minimum Gasteiger partial charge on any atom is -0.481 e. The summed E-state index contributed by atoms with van der Waals surface area (Å²) in [6, 6.07) is 0. The van der Waals surface area contributed by atoms with E-state index in [0.29, 0.717) is 19.4 Å². The van der Waals surface area contributed by atoms with Gasteiger partial charge < -0.3 is 10.4 Å². The molecule has 1 saturated heterocycles. The first-order valence-corrected chi connectivity index (χ1v) is 7.88. The maximum Gasteiger partial charge on any atom is 0.311 e. The fourth-order valence-electron chi connectivity index (χ4n) is 2.84. The van der Waals surface area contributed by atoms with Crippen LogP contribution in [0, 0.1) is 11.3 Å². The van der Waals surface area contributed by atoms with Crippen LogP contribution >= 0.6 is 11.8 Å². The molecule has 2 aliphatic rings. The topological polar surface area (TPSA) is 66.4 Å². The van der Waals surface area contributed by atoms with E-state index in [-0.39, 0.29) is 11.8 Å². The molecule has 1 atom stereocenters. The summed E-state index contributed by atoms with van der Waals surface area (Å²) in [5, 5.41) is 12.3. The average Bonchev–Trinajstić information content (AvgIpc) is 2.91. The molecule has 4 nitrogen and oxygen atoms in total. The third-order valence-electron chi connectivity index (χ3n) is 4.17. The van der Waals surface area contributed by atoms with Crippen molar-refractivity contribution < 1.29 is 14.7 Å². The van der Waals surface area contributed by atoms with Crippen molar-refractivity contribution in [1.82, 2.24) is 5.32 Å². The smallest absolute Gasteiger partial charge is 0.311 e. The number of amides is 1. The maximum atomic E-state index is 11.9. The zero-order valence-electron chi connectivity index (χ0n) is 10.6. The minimum absolute atomic E-state index is 0.0474. The van der Waals surface area contributed by atoms with Crippen molar-refractivity contribution in [2.24, 2.45) is 11.3 Å².